The minimum absolute atomic E-state index is 0.0280. The molecule has 0 unspecified atom stereocenters. The summed E-state index contributed by atoms with van der Waals surface area (Å²) < 4.78 is 4.87. The van der Waals surface area contributed by atoms with Gasteiger partial charge in [-0.3, -0.25) is 4.79 Å². The van der Waals surface area contributed by atoms with Crippen molar-refractivity contribution in [3.8, 4) is 10.6 Å². The third-order valence-corrected chi connectivity index (χ3v) is 6.53. The fourth-order valence-corrected chi connectivity index (χ4v) is 4.80. The third-order valence-electron chi connectivity index (χ3n) is 5.11. The van der Waals surface area contributed by atoms with Crippen LogP contribution in [-0.2, 0) is 9.53 Å². The second kappa shape index (κ2) is 8.88. The number of esters is 1. The van der Waals surface area contributed by atoms with Gasteiger partial charge in [0.25, 0.3) is 0 Å². The van der Waals surface area contributed by atoms with Crippen molar-refractivity contribution >= 4 is 40.5 Å². The molecule has 29 heavy (non-hydrogen) atoms. The first kappa shape index (κ1) is 19.8. The van der Waals surface area contributed by atoms with Crippen molar-refractivity contribution in [1.82, 2.24) is 15.0 Å². The zero-order valence-electron chi connectivity index (χ0n) is 16.0. The van der Waals surface area contributed by atoms with Crippen LogP contribution >= 0.6 is 22.9 Å². The van der Waals surface area contributed by atoms with Gasteiger partial charge in [-0.1, -0.05) is 17.7 Å². The standard InChI is InChI=1S/C21H21ClN4O2S/c1-28-21(27)14-7-5-13(6-8-14)20-24-12-17(29-20)16-3-2-4-18(25-16)26-19-11-15(22)9-10-23-19/h2-4,9-14H,5-8H2,1H3,(H,23,25,26). The summed E-state index contributed by atoms with van der Waals surface area (Å²) in [5.41, 5.74) is 0.865. The Labute approximate surface area is 178 Å². The molecule has 8 heteroatoms. The van der Waals surface area contributed by atoms with Gasteiger partial charge in [0.05, 0.1) is 28.6 Å². The quantitative estimate of drug-likeness (QED) is 0.545. The number of carbonyl (C=O) groups excluding carboxylic acids is 1. The fourth-order valence-electron chi connectivity index (χ4n) is 3.58. The molecule has 1 N–H and O–H groups in total. The number of nitrogens with one attached hydrogen (secondary N) is 1. The lowest BCUT2D eigenvalue weighted by atomic mass is 9.82. The molecule has 0 atom stereocenters. The number of thiazole rings is 1. The zero-order valence-corrected chi connectivity index (χ0v) is 17.5. The molecule has 0 spiro atoms. The first-order valence-electron chi connectivity index (χ1n) is 9.52. The maximum Gasteiger partial charge on any atom is 0.308 e. The molecule has 3 aromatic heterocycles. The maximum atomic E-state index is 11.7. The van der Waals surface area contributed by atoms with Crippen molar-refractivity contribution in [3.63, 3.8) is 0 Å². The van der Waals surface area contributed by atoms with Gasteiger partial charge in [0, 0.05) is 23.3 Å². The van der Waals surface area contributed by atoms with Gasteiger partial charge in [-0.25, -0.2) is 15.0 Å². The second-order valence-corrected chi connectivity index (χ2v) is 8.53. The lowest BCUT2D eigenvalue weighted by Gasteiger charge is -2.25. The van der Waals surface area contributed by atoms with Gasteiger partial charge < -0.3 is 10.1 Å². The largest absolute Gasteiger partial charge is 0.469 e. The smallest absolute Gasteiger partial charge is 0.308 e. The topological polar surface area (TPSA) is 77.0 Å². The van der Waals surface area contributed by atoms with Crippen LogP contribution in [-0.4, -0.2) is 28.0 Å². The highest BCUT2D eigenvalue weighted by Gasteiger charge is 2.29. The van der Waals surface area contributed by atoms with Gasteiger partial charge in [-0.2, -0.15) is 0 Å². The predicted molar refractivity (Wildman–Crippen MR) is 115 cm³/mol. The normalized spacial score (nSPS) is 19.0. The van der Waals surface area contributed by atoms with E-state index in [-0.39, 0.29) is 11.9 Å². The Hall–Kier alpha value is -2.51. The van der Waals surface area contributed by atoms with Crippen molar-refractivity contribution in [2.75, 3.05) is 12.4 Å². The molecule has 0 aromatic carbocycles. The molecule has 1 saturated carbocycles. The molecule has 1 fully saturated rings. The number of hydrogen-bond acceptors (Lipinski definition) is 7. The molecule has 3 aromatic rings. The fraction of sp³-hybridized carbons (Fsp3) is 0.333. The van der Waals surface area contributed by atoms with Crippen molar-refractivity contribution in [3.05, 3.63) is 52.8 Å². The molecular weight excluding hydrogens is 408 g/mol. The van der Waals surface area contributed by atoms with E-state index in [1.807, 2.05) is 24.4 Å². The Morgan fingerprint density at radius 2 is 2.00 bits per heavy atom. The number of anilines is 2. The molecule has 150 valence electrons. The molecule has 4 rings (SSSR count). The first-order chi connectivity index (χ1) is 14.1. The Balaban J connectivity index is 1.45. The van der Waals surface area contributed by atoms with E-state index in [9.17, 15) is 4.79 Å². The second-order valence-electron chi connectivity index (χ2n) is 7.03. The van der Waals surface area contributed by atoms with Crippen molar-refractivity contribution in [2.45, 2.75) is 31.6 Å². The highest BCUT2D eigenvalue weighted by atomic mass is 35.5. The Morgan fingerprint density at radius 1 is 1.17 bits per heavy atom. The number of nitrogens with zero attached hydrogens (tertiary/aromatic N) is 3. The van der Waals surface area contributed by atoms with Gasteiger partial charge in [-0.15, -0.1) is 11.3 Å². The van der Waals surface area contributed by atoms with E-state index in [0.717, 1.165) is 41.3 Å². The van der Waals surface area contributed by atoms with Crippen molar-refractivity contribution < 1.29 is 9.53 Å². The SMILES string of the molecule is COC(=O)C1CCC(c2ncc(-c3cccc(Nc4cc(Cl)ccn4)n3)s2)CC1. The number of pyridine rings is 2. The summed E-state index contributed by atoms with van der Waals surface area (Å²) in [6.07, 6.45) is 7.17. The number of ether oxygens (including phenoxy) is 1. The van der Waals surface area contributed by atoms with E-state index in [0.29, 0.717) is 22.6 Å². The highest BCUT2D eigenvalue weighted by molar-refractivity contribution is 7.15. The molecule has 0 aliphatic heterocycles. The molecule has 1 aliphatic carbocycles. The van der Waals surface area contributed by atoms with Gasteiger partial charge >= 0.3 is 5.97 Å². The average Bonchev–Trinajstić information content (AvgIpc) is 3.24. The number of halogens is 1. The van der Waals surface area contributed by atoms with E-state index in [1.54, 1.807) is 29.7 Å². The summed E-state index contributed by atoms with van der Waals surface area (Å²) in [7, 11) is 1.46. The van der Waals surface area contributed by atoms with Crippen LogP contribution in [0.25, 0.3) is 10.6 Å². The number of rotatable bonds is 5. The lowest BCUT2D eigenvalue weighted by molar-refractivity contribution is -0.146. The van der Waals surface area contributed by atoms with Gasteiger partial charge in [0.1, 0.15) is 11.6 Å². The third kappa shape index (κ3) is 4.74. The van der Waals surface area contributed by atoms with Crippen LogP contribution in [0.4, 0.5) is 11.6 Å². The number of aromatic nitrogens is 3. The summed E-state index contributed by atoms with van der Waals surface area (Å²) in [6.45, 7) is 0. The molecule has 0 saturated heterocycles. The Kier molecular flexibility index (Phi) is 6.06. The first-order valence-corrected chi connectivity index (χ1v) is 10.7. The van der Waals surface area contributed by atoms with Crippen LogP contribution in [0.5, 0.6) is 0 Å². The van der Waals surface area contributed by atoms with E-state index in [2.05, 4.69) is 20.3 Å². The minimum atomic E-state index is -0.0917. The monoisotopic (exact) mass is 428 g/mol. The van der Waals surface area contributed by atoms with Crippen LogP contribution in [0.1, 0.15) is 36.6 Å². The maximum absolute atomic E-state index is 11.7. The van der Waals surface area contributed by atoms with Crippen LogP contribution < -0.4 is 5.32 Å². The van der Waals surface area contributed by atoms with E-state index >= 15 is 0 Å². The summed E-state index contributed by atoms with van der Waals surface area (Å²) in [5, 5.41) is 4.91. The molecular formula is C21H21ClN4O2S. The van der Waals surface area contributed by atoms with Gasteiger partial charge in [-0.05, 0) is 49.9 Å². The molecule has 0 bridgehead atoms. The van der Waals surface area contributed by atoms with Crippen LogP contribution in [0.15, 0.2) is 42.7 Å². The summed E-state index contributed by atoms with van der Waals surface area (Å²) >= 11 is 7.69. The predicted octanol–water partition coefficient (Wildman–Crippen LogP) is 5.44. The summed E-state index contributed by atoms with van der Waals surface area (Å²) in [5.74, 6) is 1.68. The molecule has 6 nitrogen and oxygen atoms in total. The molecule has 1 aliphatic rings. The minimum Gasteiger partial charge on any atom is -0.469 e. The zero-order chi connectivity index (χ0) is 20.2. The number of methoxy groups -OCH3 is 1. The highest BCUT2D eigenvalue weighted by Crippen LogP contribution is 2.39. The summed E-state index contributed by atoms with van der Waals surface area (Å²) in [4.78, 5) is 26.3. The Bertz CT molecular complexity index is 1000. The Morgan fingerprint density at radius 3 is 2.76 bits per heavy atom. The van der Waals surface area contributed by atoms with Crippen LogP contribution in [0.2, 0.25) is 5.02 Å². The number of carbonyl (C=O) groups is 1. The van der Waals surface area contributed by atoms with E-state index < -0.39 is 0 Å². The molecule has 0 amide bonds. The molecule has 3 heterocycles. The lowest BCUT2D eigenvalue weighted by Crippen LogP contribution is -2.22. The number of hydrogen-bond donors (Lipinski definition) is 1. The summed E-state index contributed by atoms with van der Waals surface area (Å²) in [6, 6.07) is 9.31. The van der Waals surface area contributed by atoms with Gasteiger partial charge in [0.2, 0.25) is 0 Å². The van der Waals surface area contributed by atoms with E-state index in [4.69, 9.17) is 16.3 Å². The van der Waals surface area contributed by atoms with Crippen LogP contribution in [0.3, 0.4) is 0 Å². The molecule has 0 radical (unpaired) electrons. The van der Waals surface area contributed by atoms with Crippen molar-refractivity contribution in [2.24, 2.45) is 5.92 Å². The van der Waals surface area contributed by atoms with Crippen molar-refractivity contribution in [1.29, 1.82) is 0 Å². The van der Waals surface area contributed by atoms with E-state index in [1.165, 1.54) is 7.11 Å². The van der Waals surface area contributed by atoms with Gasteiger partial charge in [0.15, 0.2) is 0 Å². The van der Waals surface area contributed by atoms with Crippen LogP contribution in [0, 0.1) is 5.92 Å². The average molecular weight is 429 g/mol.